The van der Waals surface area contributed by atoms with Crippen LogP contribution in [0.15, 0.2) is 198 Å². The first kappa shape index (κ1) is 33.0. The van der Waals surface area contributed by atoms with E-state index in [2.05, 4.69) is 194 Å². The molecule has 0 bridgehead atoms. The summed E-state index contributed by atoms with van der Waals surface area (Å²) in [4.78, 5) is 12.9. The molecule has 0 radical (unpaired) electrons. The Bertz CT molecular complexity index is 3360. The van der Waals surface area contributed by atoms with Crippen molar-refractivity contribution in [1.29, 1.82) is 0 Å². The van der Waals surface area contributed by atoms with Gasteiger partial charge in [-0.15, -0.1) is 11.3 Å². The number of benzene rings is 9. The lowest BCUT2D eigenvalue weighted by Gasteiger charge is -2.33. The van der Waals surface area contributed by atoms with Crippen LogP contribution in [0.3, 0.4) is 0 Å². The van der Waals surface area contributed by atoms with Crippen molar-refractivity contribution in [3.8, 4) is 44.5 Å². The lowest BCUT2D eigenvalue weighted by Crippen LogP contribution is -2.35. The van der Waals surface area contributed by atoms with Crippen LogP contribution >= 0.6 is 11.3 Å². The second-order valence-electron chi connectivity index (χ2n) is 15.4. The van der Waals surface area contributed by atoms with Gasteiger partial charge in [0.1, 0.15) is 5.84 Å². The predicted molar refractivity (Wildman–Crippen MR) is 246 cm³/mol. The molecular formula is C54H35N3S. The van der Waals surface area contributed by atoms with Crippen molar-refractivity contribution < 1.29 is 0 Å². The summed E-state index contributed by atoms with van der Waals surface area (Å²) in [5.74, 6) is 1.62. The molecule has 0 N–H and O–H groups in total. The highest BCUT2D eigenvalue weighted by atomic mass is 32.1. The van der Waals surface area contributed by atoms with E-state index < -0.39 is 0 Å². The van der Waals surface area contributed by atoms with Crippen LogP contribution < -0.4 is 0 Å². The van der Waals surface area contributed by atoms with E-state index >= 15 is 0 Å². The molecule has 2 aliphatic rings. The number of rotatable bonds is 5. The third kappa shape index (κ3) is 5.12. The smallest absolute Gasteiger partial charge is 0.159 e. The summed E-state index contributed by atoms with van der Waals surface area (Å²) < 4.78 is 2.65. The quantitative estimate of drug-likeness (QED) is 0.172. The number of amidine groups is 2. The van der Waals surface area contributed by atoms with Crippen LogP contribution in [0, 0.1) is 0 Å². The van der Waals surface area contributed by atoms with Crippen molar-refractivity contribution in [1.82, 2.24) is 4.90 Å². The molecule has 0 amide bonds. The van der Waals surface area contributed by atoms with Gasteiger partial charge in [-0.05, 0) is 96.6 Å². The largest absolute Gasteiger partial charge is 0.333 e. The van der Waals surface area contributed by atoms with Crippen LogP contribution in [-0.4, -0.2) is 23.6 Å². The number of thiophene rings is 1. The Morgan fingerprint density at radius 2 is 1.14 bits per heavy atom. The maximum Gasteiger partial charge on any atom is 0.159 e. The average Bonchev–Trinajstić information content (AvgIpc) is 3.83. The third-order valence-corrected chi connectivity index (χ3v) is 13.2. The molecule has 12 rings (SSSR count). The van der Waals surface area contributed by atoms with E-state index in [9.17, 15) is 0 Å². The van der Waals surface area contributed by atoms with Gasteiger partial charge in [0.15, 0.2) is 12.0 Å². The Balaban J connectivity index is 1.01. The van der Waals surface area contributed by atoms with Crippen LogP contribution in [0.25, 0.3) is 86.2 Å². The molecule has 10 aromatic rings. The molecule has 4 heteroatoms. The summed E-state index contributed by atoms with van der Waals surface area (Å²) >= 11 is 1.91. The van der Waals surface area contributed by atoms with E-state index in [-0.39, 0.29) is 6.17 Å². The number of fused-ring (bicyclic) bond motifs is 8. The second kappa shape index (κ2) is 13.0. The molecule has 0 saturated carbocycles. The maximum absolute atomic E-state index is 5.34. The van der Waals surface area contributed by atoms with Crippen LogP contribution in [-0.2, 0) is 0 Å². The summed E-state index contributed by atoms with van der Waals surface area (Å²) in [6, 6.07) is 68.2. The molecule has 58 heavy (non-hydrogen) atoms. The topological polar surface area (TPSA) is 28.0 Å². The summed E-state index contributed by atoms with van der Waals surface area (Å²) in [7, 11) is 2.12. The molecule has 272 valence electrons. The average molecular weight is 758 g/mol. The minimum Gasteiger partial charge on any atom is -0.333 e. The van der Waals surface area contributed by atoms with E-state index in [0.717, 1.165) is 28.4 Å². The van der Waals surface area contributed by atoms with Gasteiger partial charge < -0.3 is 4.90 Å². The highest BCUT2D eigenvalue weighted by Gasteiger charge is 2.28. The predicted octanol–water partition coefficient (Wildman–Crippen LogP) is 14.2. The molecule has 1 atom stereocenters. The Hall–Kier alpha value is -7.14. The van der Waals surface area contributed by atoms with Crippen LogP contribution in [0.2, 0.25) is 0 Å². The molecule has 0 saturated heterocycles. The van der Waals surface area contributed by atoms with Crippen molar-refractivity contribution in [2.75, 3.05) is 7.05 Å². The van der Waals surface area contributed by atoms with E-state index in [1.165, 1.54) is 86.2 Å². The number of aliphatic imine (C=N–C) groups is 2. The SMILES string of the molecule is CN1C(c2cc(-c3ccc4c(c3)sc3c5cccc6c5c(cc43)-c3ccccc3-6)c3ccccc3c2)=NC(c2ccccc2)=NC1c1cccc(-c2ccccc2)c1. The van der Waals surface area contributed by atoms with Gasteiger partial charge in [0, 0.05) is 43.7 Å². The Morgan fingerprint density at radius 3 is 1.98 bits per heavy atom. The monoisotopic (exact) mass is 757 g/mol. The van der Waals surface area contributed by atoms with E-state index in [1.54, 1.807) is 0 Å². The van der Waals surface area contributed by atoms with Gasteiger partial charge in [0.05, 0.1) is 0 Å². The summed E-state index contributed by atoms with van der Waals surface area (Å²) in [5.41, 5.74) is 13.3. The van der Waals surface area contributed by atoms with Gasteiger partial charge in [-0.3, -0.25) is 0 Å². The number of nitrogens with zero attached hydrogens (tertiary/aromatic N) is 3. The maximum atomic E-state index is 5.34. The summed E-state index contributed by atoms with van der Waals surface area (Å²) in [6.07, 6.45) is -0.268. The van der Waals surface area contributed by atoms with E-state index in [0.29, 0.717) is 0 Å². The first-order chi connectivity index (χ1) is 28.7. The fraction of sp³-hybridized carbons (Fsp3) is 0.0370. The van der Waals surface area contributed by atoms with Crippen molar-refractivity contribution in [2.45, 2.75) is 6.17 Å². The highest BCUT2D eigenvalue weighted by molar-refractivity contribution is 7.26. The van der Waals surface area contributed by atoms with Gasteiger partial charge in [0.2, 0.25) is 0 Å². The molecule has 2 heterocycles. The van der Waals surface area contributed by atoms with Crippen molar-refractivity contribution in [3.05, 3.63) is 205 Å². The van der Waals surface area contributed by atoms with Crippen LogP contribution in [0.1, 0.15) is 22.9 Å². The van der Waals surface area contributed by atoms with Crippen molar-refractivity contribution in [2.24, 2.45) is 9.98 Å². The van der Waals surface area contributed by atoms with Gasteiger partial charge in [0.25, 0.3) is 0 Å². The van der Waals surface area contributed by atoms with Crippen molar-refractivity contribution in [3.63, 3.8) is 0 Å². The van der Waals surface area contributed by atoms with Crippen LogP contribution in [0.5, 0.6) is 0 Å². The van der Waals surface area contributed by atoms with Gasteiger partial charge >= 0.3 is 0 Å². The summed E-state index contributed by atoms with van der Waals surface area (Å²) in [6.45, 7) is 0. The second-order valence-corrected chi connectivity index (χ2v) is 16.4. The van der Waals surface area contributed by atoms with Gasteiger partial charge in [-0.25, -0.2) is 9.98 Å². The Kier molecular flexibility index (Phi) is 7.38. The fourth-order valence-electron chi connectivity index (χ4n) is 9.27. The highest BCUT2D eigenvalue weighted by Crippen LogP contribution is 2.52. The number of hydrogen-bond donors (Lipinski definition) is 0. The Morgan fingerprint density at radius 1 is 0.448 bits per heavy atom. The zero-order valence-corrected chi connectivity index (χ0v) is 32.5. The normalized spacial score (nSPS) is 14.6. The standard InChI is InChI=1S/C54H35N3S/c1-57-53(38-20-12-19-35(28-38)33-14-4-2-5-15-33)55-52(34-16-6-3-7-17-34)56-54(57)39-29-36-18-8-9-21-40(36)46(30-39)37-26-27-43-48-32-47-42-23-11-10-22-41(42)44-24-13-25-45(50(44)47)51(48)58-49(43)31-37/h2-32,53H,1H3. The minimum absolute atomic E-state index is 0.268. The molecule has 1 aliphatic carbocycles. The zero-order chi connectivity index (χ0) is 38.3. The first-order valence-electron chi connectivity index (χ1n) is 19.8. The van der Waals surface area contributed by atoms with Gasteiger partial charge in [-0.2, -0.15) is 0 Å². The molecule has 1 unspecified atom stereocenters. The fourth-order valence-corrected chi connectivity index (χ4v) is 10.5. The number of hydrogen-bond acceptors (Lipinski definition) is 4. The molecule has 9 aromatic carbocycles. The van der Waals surface area contributed by atoms with Crippen molar-refractivity contribution >= 4 is 64.7 Å². The van der Waals surface area contributed by atoms with E-state index in [4.69, 9.17) is 9.98 Å². The molecular weight excluding hydrogens is 723 g/mol. The third-order valence-electron chi connectivity index (χ3n) is 12.0. The Labute approximate surface area is 340 Å². The lowest BCUT2D eigenvalue weighted by molar-refractivity contribution is 0.383. The summed E-state index contributed by atoms with van der Waals surface area (Å²) in [5, 5.41) is 7.75. The zero-order valence-electron chi connectivity index (χ0n) is 31.7. The first-order valence-corrected chi connectivity index (χ1v) is 20.6. The van der Waals surface area contributed by atoms with E-state index in [1.807, 2.05) is 17.4 Å². The molecule has 0 spiro atoms. The van der Waals surface area contributed by atoms with Gasteiger partial charge in [-0.1, -0.05) is 158 Å². The molecule has 3 nitrogen and oxygen atoms in total. The molecule has 0 fully saturated rings. The minimum atomic E-state index is -0.268. The lowest BCUT2D eigenvalue weighted by atomic mass is 9.93. The van der Waals surface area contributed by atoms with Crippen LogP contribution in [0.4, 0.5) is 0 Å². The molecule has 1 aromatic heterocycles. The molecule has 1 aliphatic heterocycles.